The summed E-state index contributed by atoms with van der Waals surface area (Å²) in [6.45, 7) is 1.91. The van der Waals surface area contributed by atoms with Gasteiger partial charge in [-0.25, -0.2) is 4.68 Å². The highest BCUT2D eigenvalue weighted by Crippen LogP contribution is 2.16. The lowest BCUT2D eigenvalue weighted by molar-refractivity contribution is 0.0944. The van der Waals surface area contributed by atoms with Crippen LogP contribution in [0.5, 0.6) is 5.75 Å². The van der Waals surface area contributed by atoms with Crippen LogP contribution in [0, 0.1) is 0 Å². The molecular formula is C18H20N6O2. The van der Waals surface area contributed by atoms with Crippen LogP contribution >= 0.6 is 0 Å². The van der Waals surface area contributed by atoms with Crippen molar-refractivity contribution >= 4 is 5.91 Å². The van der Waals surface area contributed by atoms with Gasteiger partial charge in [0.2, 0.25) is 0 Å². The van der Waals surface area contributed by atoms with Crippen LogP contribution in [0.15, 0.2) is 36.5 Å². The van der Waals surface area contributed by atoms with Crippen LogP contribution in [0.3, 0.4) is 0 Å². The Kier molecular flexibility index (Phi) is 4.40. The molecule has 0 aliphatic carbocycles. The summed E-state index contributed by atoms with van der Waals surface area (Å²) in [6.07, 6.45) is 2.73. The minimum atomic E-state index is -0.190. The van der Waals surface area contributed by atoms with E-state index in [1.807, 2.05) is 36.5 Å². The molecule has 2 aromatic heterocycles. The lowest BCUT2D eigenvalue weighted by Crippen LogP contribution is -2.28. The molecule has 0 saturated carbocycles. The first-order valence-corrected chi connectivity index (χ1v) is 8.48. The number of benzene rings is 1. The van der Waals surface area contributed by atoms with E-state index in [2.05, 4.69) is 25.9 Å². The molecule has 4 rings (SSSR count). The number of fused-ring (bicyclic) bond motifs is 1. The number of H-pyrrole nitrogens is 1. The molecule has 0 unspecified atom stereocenters. The molecule has 8 heteroatoms. The number of nitrogens with zero attached hydrogens (tertiary/aromatic N) is 3. The third kappa shape index (κ3) is 3.18. The summed E-state index contributed by atoms with van der Waals surface area (Å²) in [5.41, 5.74) is 4.16. The van der Waals surface area contributed by atoms with Crippen LogP contribution in [0.4, 0.5) is 0 Å². The van der Waals surface area contributed by atoms with Crippen molar-refractivity contribution in [3.8, 4) is 11.4 Å². The zero-order chi connectivity index (χ0) is 17.9. The van der Waals surface area contributed by atoms with Crippen molar-refractivity contribution in [3.63, 3.8) is 0 Å². The second kappa shape index (κ2) is 7.01. The summed E-state index contributed by atoms with van der Waals surface area (Å²) in [5.74, 6) is 0.607. The van der Waals surface area contributed by atoms with E-state index in [0.29, 0.717) is 18.8 Å². The van der Waals surface area contributed by atoms with Gasteiger partial charge in [0.1, 0.15) is 5.75 Å². The van der Waals surface area contributed by atoms with E-state index in [1.165, 1.54) is 0 Å². The van der Waals surface area contributed by atoms with Crippen molar-refractivity contribution in [1.29, 1.82) is 0 Å². The molecule has 3 heterocycles. The van der Waals surface area contributed by atoms with Crippen LogP contribution < -0.4 is 15.4 Å². The van der Waals surface area contributed by atoms with Crippen LogP contribution in [0.2, 0.25) is 0 Å². The standard InChI is InChI=1S/C18H20N6O2/c1-26-14-4-2-13(3-5-14)24-9-7-12(23-24)10-20-18(25)17-15-11-19-8-6-16(15)21-22-17/h2-5,7,9,19H,6,8,10-11H2,1H3,(H,20,25)(H,21,22). The van der Waals surface area contributed by atoms with Crippen molar-refractivity contribution in [2.75, 3.05) is 13.7 Å². The van der Waals surface area contributed by atoms with Crippen molar-refractivity contribution in [2.24, 2.45) is 0 Å². The van der Waals surface area contributed by atoms with E-state index in [1.54, 1.807) is 11.8 Å². The topological polar surface area (TPSA) is 96.9 Å². The second-order valence-corrected chi connectivity index (χ2v) is 6.09. The number of amides is 1. The number of aromatic nitrogens is 4. The van der Waals surface area contributed by atoms with Gasteiger partial charge in [-0.1, -0.05) is 0 Å². The van der Waals surface area contributed by atoms with Crippen LogP contribution in [0.1, 0.15) is 27.4 Å². The fourth-order valence-electron chi connectivity index (χ4n) is 3.00. The first-order valence-electron chi connectivity index (χ1n) is 8.48. The fourth-order valence-corrected chi connectivity index (χ4v) is 3.00. The number of carbonyl (C=O) groups is 1. The van der Waals surface area contributed by atoms with Gasteiger partial charge < -0.3 is 15.4 Å². The third-order valence-electron chi connectivity index (χ3n) is 4.43. The summed E-state index contributed by atoms with van der Waals surface area (Å²) >= 11 is 0. The quantitative estimate of drug-likeness (QED) is 0.641. The molecular weight excluding hydrogens is 332 g/mol. The Labute approximate surface area is 150 Å². The van der Waals surface area contributed by atoms with Gasteiger partial charge in [-0.3, -0.25) is 9.89 Å². The number of hydrogen-bond donors (Lipinski definition) is 3. The normalized spacial score (nSPS) is 13.3. The molecule has 1 aromatic carbocycles. The Bertz CT molecular complexity index is 912. The van der Waals surface area contributed by atoms with Crippen molar-refractivity contribution < 1.29 is 9.53 Å². The fraction of sp³-hybridized carbons (Fsp3) is 0.278. The number of carbonyl (C=O) groups excluding carboxylic acids is 1. The molecule has 0 saturated heterocycles. The summed E-state index contributed by atoms with van der Waals surface area (Å²) in [6, 6.07) is 9.50. The molecule has 0 radical (unpaired) electrons. The summed E-state index contributed by atoms with van der Waals surface area (Å²) < 4.78 is 6.93. The molecule has 8 nitrogen and oxygen atoms in total. The van der Waals surface area contributed by atoms with Crippen LogP contribution in [-0.2, 0) is 19.5 Å². The minimum absolute atomic E-state index is 0.190. The summed E-state index contributed by atoms with van der Waals surface area (Å²) in [7, 11) is 1.64. The lowest BCUT2D eigenvalue weighted by Gasteiger charge is -2.12. The van der Waals surface area contributed by atoms with Crippen molar-refractivity contribution in [1.82, 2.24) is 30.6 Å². The van der Waals surface area contributed by atoms with Crippen LogP contribution in [0.25, 0.3) is 5.69 Å². The minimum Gasteiger partial charge on any atom is -0.497 e. The van der Waals surface area contributed by atoms with E-state index < -0.39 is 0 Å². The average molecular weight is 352 g/mol. The number of methoxy groups -OCH3 is 1. The van der Waals surface area contributed by atoms with Crippen molar-refractivity contribution in [3.05, 3.63) is 59.2 Å². The zero-order valence-corrected chi connectivity index (χ0v) is 14.5. The number of rotatable bonds is 5. The van der Waals surface area contributed by atoms with E-state index >= 15 is 0 Å². The molecule has 0 spiro atoms. The number of hydrogen-bond acceptors (Lipinski definition) is 5. The third-order valence-corrected chi connectivity index (χ3v) is 4.43. The predicted octanol–water partition coefficient (Wildman–Crippen LogP) is 1.18. The van der Waals surface area contributed by atoms with E-state index in [0.717, 1.165) is 41.4 Å². The Morgan fingerprint density at radius 2 is 2.15 bits per heavy atom. The maximum absolute atomic E-state index is 12.4. The van der Waals surface area contributed by atoms with E-state index in [4.69, 9.17) is 4.74 Å². The highest BCUT2D eigenvalue weighted by molar-refractivity contribution is 5.93. The Morgan fingerprint density at radius 3 is 2.96 bits per heavy atom. The molecule has 0 bridgehead atoms. The molecule has 26 heavy (non-hydrogen) atoms. The largest absolute Gasteiger partial charge is 0.497 e. The molecule has 1 amide bonds. The van der Waals surface area contributed by atoms with Gasteiger partial charge in [-0.15, -0.1) is 0 Å². The molecule has 1 aliphatic heterocycles. The summed E-state index contributed by atoms with van der Waals surface area (Å²) in [4.78, 5) is 12.4. The smallest absolute Gasteiger partial charge is 0.272 e. The van der Waals surface area contributed by atoms with Gasteiger partial charge in [-0.05, 0) is 30.3 Å². The zero-order valence-electron chi connectivity index (χ0n) is 14.5. The molecule has 3 aromatic rings. The molecule has 0 atom stereocenters. The highest BCUT2D eigenvalue weighted by atomic mass is 16.5. The molecule has 3 N–H and O–H groups in total. The number of nitrogens with one attached hydrogen (secondary N) is 3. The average Bonchev–Trinajstić information content (AvgIpc) is 3.33. The highest BCUT2D eigenvalue weighted by Gasteiger charge is 2.21. The van der Waals surface area contributed by atoms with Crippen LogP contribution in [-0.4, -0.2) is 39.5 Å². The van der Waals surface area contributed by atoms with Gasteiger partial charge in [0, 0.05) is 37.0 Å². The van der Waals surface area contributed by atoms with Gasteiger partial charge in [0.25, 0.3) is 5.91 Å². The van der Waals surface area contributed by atoms with Gasteiger partial charge >= 0.3 is 0 Å². The van der Waals surface area contributed by atoms with Gasteiger partial charge in [-0.2, -0.15) is 10.2 Å². The molecule has 134 valence electrons. The Hall–Kier alpha value is -3.13. The second-order valence-electron chi connectivity index (χ2n) is 6.09. The lowest BCUT2D eigenvalue weighted by atomic mass is 10.1. The van der Waals surface area contributed by atoms with E-state index in [9.17, 15) is 4.79 Å². The van der Waals surface area contributed by atoms with Gasteiger partial charge in [0.15, 0.2) is 5.69 Å². The first-order chi connectivity index (χ1) is 12.7. The first kappa shape index (κ1) is 16.3. The summed E-state index contributed by atoms with van der Waals surface area (Å²) in [5, 5.41) is 17.8. The maximum atomic E-state index is 12.4. The maximum Gasteiger partial charge on any atom is 0.272 e. The predicted molar refractivity (Wildman–Crippen MR) is 95.3 cm³/mol. The monoisotopic (exact) mass is 352 g/mol. The Balaban J connectivity index is 1.41. The number of ether oxygens (including phenoxy) is 1. The van der Waals surface area contributed by atoms with Gasteiger partial charge in [0.05, 0.1) is 25.0 Å². The SMILES string of the molecule is COc1ccc(-n2ccc(CNC(=O)c3n[nH]c4c3CNCC4)n2)cc1. The van der Waals surface area contributed by atoms with Crippen molar-refractivity contribution in [2.45, 2.75) is 19.5 Å². The number of aromatic amines is 1. The molecule has 0 fully saturated rings. The van der Waals surface area contributed by atoms with E-state index in [-0.39, 0.29) is 5.91 Å². The Morgan fingerprint density at radius 1 is 1.31 bits per heavy atom. The molecule has 1 aliphatic rings.